The molecule has 192 valence electrons. The highest BCUT2D eigenvalue weighted by molar-refractivity contribution is 7.21. The number of hydrogen-bond acceptors (Lipinski definition) is 10. The summed E-state index contributed by atoms with van der Waals surface area (Å²) >= 11 is 1.17. The molecule has 2 aromatic heterocycles. The maximum Gasteiger partial charge on any atom is 0.316 e. The van der Waals surface area contributed by atoms with Gasteiger partial charge in [0.25, 0.3) is 5.91 Å². The van der Waals surface area contributed by atoms with Crippen molar-refractivity contribution >= 4 is 44.7 Å². The molecule has 12 heteroatoms. The average Bonchev–Trinajstić information content (AvgIpc) is 3.33. The first-order chi connectivity index (χ1) is 17.7. The Balaban J connectivity index is 1.58. The number of Topliss-reactive ketones (excluding diaryl/α,β-unsaturated/α-hetero) is 1. The van der Waals surface area contributed by atoms with E-state index in [0.29, 0.717) is 56.9 Å². The second-order valence-electron chi connectivity index (χ2n) is 9.16. The molecule has 5 rings (SSSR count). The number of ether oxygens (including phenoxy) is 1. The third kappa shape index (κ3) is 3.84. The predicted molar refractivity (Wildman–Crippen MR) is 139 cm³/mol. The number of methoxy groups -OCH3 is 1. The minimum atomic E-state index is -1.64. The van der Waals surface area contributed by atoms with E-state index in [0.717, 1.165) is 6.42 Å². The summed E-state index contributed by atoms with van der Waals surface area (Å²) in [5.41, 5.74) is 19.6. The highest BCUT2D eigenvalue weighted by Crippen LogP contribution is 2.49. The van der Waals surface area contributed by atoms with Crippen LogP contribution in [-0.2, 0) is 15.1 Å². The van der Waals surface area contributed by atoms with Crippen LogP contribution in [0.2, 0.25) is 0 Å². The predicted octanol–water partition coefficient (Wildman–Crippen LogP) is 0.974. The number of aromatic nitrogens is 2. The maximum absolute atomic E-state index is 13.8. The molecule has 2 amide bonds. The molecule has 0 spiro atoms. The van der Waals surface area contributed by atoms with Crippen molar-refractivity contribution in [1.29, 1.82) is 0 Å². The van der Waals surface area contributed by atoms with E-state index in [1.807, 2.05) is 0 Å². The Kier molecular flexibility index (Phi) is 6.18. The lowest BCUT2D eigenvalue weighted by Gasteiger charge is -2.36. The van der Waals surface area contributed by atoms with Gasteiger partial charge in [-0.2, -0.15) is 0 Å². The molecule has 0 saturated carbocycles. The van der Waals surface area contributed by atoms with E-state index in [9.17, 15) is 14.4 Å². The van der Waals surface area contributed by atoms with Crippen LogP contribution >= 0.6 is 11.3 Å². The van der Waals surface area contributed by atoms with E-state index in [1.54, 1.807) is 17.0 Å². The molecule has 37 heavy (non-hydrogen) atoms. The van der Waals surface area contributed by atoms with Crippen LogP contribution in [0.4, 0.5) is 5.69 Å². The second-order valence-corrected chi connectivity index (χ2v) is 10.2. The number of hydrogen-bond donors (Lipinski definition) is 4. The van der Waals surface area contributed by atoms with E-state index in [4.69, 9.17) is 21.9 Å². The number of anilines is 1. The lowest BCUT2D eigenvalue weighted by molar-refractivity contribution is -0.127. The number of nitrogens with one attached hydrogen (secondary N) is 1. The van der Waals surface area contributed by atoms with E-state index in [1.165, 1.54) is 36.9 Å². The molecule has 3 heterocycles. The molecule has 3 unspecified atom stereocenters. The Morgan fingerprint density at radius 3 is 2.73 bits per heavy atom. The minimum Gasteiger partial charge on any atom is -0.467 e. The van der Waals surface area contributed by atoms with E-state index >= 15 is 0 Å². The van der Waals surface area contributed by atoms with Gasteiger partial charge in [0.15, 0.2) is 5.78 Å². The fourth-order valence-corrected chi connectivity index (χ4v) is 6.35. The topological polar surface area (TPSA) is 180 Å². The molecule has 11 nitrogen and oxygen atoms in total. The van der Waals surface area contributed by atoms with E-state index < -0.39 is 17.4 Å². The molecule has 1 aromatic carbocycles. The molecule has 2 aliphatic rings. The van der Waals surface area contributed by atoms with Crippen molar-refractivity contribution in [1.82, 2.24) is 20.2 Å². The van der Waals surface area contributed by atoms with Gasteiger partial charge in [0.2, 0.25) is 5.91 Å². The normalized spacial score (nSPS) is 23.1. The number of ketones is 1. The number of nitrogen functional groups attached to an aromatic ring is 1. The monoisotopic (exact) mass is 521 g/mol. The smallest absolute Gasteiger partial charge is 0.316 e. The van der Waals surface area contributed by atoms with Crippen molar-refractivity contribution in [2.24, 2.45) is 11.5 Å². The highest BCUT2D eigenvalue weighted by Gasteiger charge is 2.49. The number of benzene rings is 1. The molecule has 1 fully saturated rings. The average molecular weight is 522 g/mol. The number of carbonyl (C=O) groups is 3. The van der Waals surface area contributed by atoms with Gasteiger partial charge in [-0.1, -0.05) is 12.6 Å². The molecule has 3 aromatic rings. The third-order valence-corrected chi connectivity index (χ3v) is 8.28. The summed E-state index contributed by atoms with van der Waals surface area (Å²) in [5.74, 6) is -1.05. The van der Waals surface area contributed by atoms with Crippen LogP contribution in [0.25, 0.3) is 10.1 Å². The third-order valence-electron chi connectivity index (χ3n) is 7.03. The fraction of sp³-hybridized carbons (Fsp3) is 0.320. The van der Waals surface area contributed by atoms with Crippen LogP contribution in [0.15, 0.2) is 37.2 Å². The first-order valence-electron chi connectivity index (χ1n) is 11.7. The van der Waals surface area contributed by atoms with Crippen molar-refractivity contribution in [3.05, 3.63) is 58.7 Å². The number of rotatable bonds is 5. The van der Waals surface area contributed by atoms with Gasteiger partial charge >= 0.3 is 6.01 Å². The molecular weight excluding hydrogens is 494 g/mol. The number of nitrogens with two attached hydrogens (primary N) is 3. The Morgan fingerprint density at radius 2 is 2.05 bits per heavy atom. The van der Waals surface area contributed by atoms with Crippen LogP contribution in [-0.4, -0.2) is 58.7 Å². The number of carbonyl (C=O) groups excluding carboxylic acids is 3. The Labute approximate surface area is 216 Å². The highest BCUT2D eigenvalue weighted by atomic mass is 32.1. The SMILES string of the molecule is C=CC(=O)N1CCCC(NC(=O)c2sc3c(N)ccc4c3c2C(N)C(=O)C4(N)c2cnc(OC)nc2)C1. The number of nitrogens with zero attached hydrogens (tertiary/aromatic N) is 3. The molecule has 1 saturated heterocycles. The van der Waals surface area contributed by atoms with Crippen molar-refractivity contribution < 1.29 is 19.1 Å². The van der Waals surface area contributed by atoms with Crippen LogP contribution in [0.3, 0.4) is 0 Å². The summed E-state index contributed by atoms with van der Waals surface area (Å²) in [5, 5.41) is 3.60. The van der Waals surface area contributed by atoms with Gasteiger partial charge in [0.05, 0.1) is 22.7 Å². The number of amides is 2. The molecule has 0 bridgehead atoms. The van der Waals surface area contributed by atoms with Crippen LogP contribution in [0, 0.1) is 0 Å². The molecule has 1 aliphatic carbocycles. The first-order valence-corrected chi connectivity index (χ1v) is 12.5. The molecule has 3 atom stereocenters. The summed E-state index contributed by atoms with van der Waals surface area (Å²) in [4.78, 5) is 49.5. The lowest BCUT2D eigenvalue weighted by atomic mass is 9.71. The van der Waals surface area contributed by atoms with E-state index in [2.05, 4.69) is 21.9 Å². The molecule has 1 aliphatic heterocycles. The van der Waals surface area contributed by atoms with Crippen LogP contribution in [0.1, 0.15) is 45.2 Å². The summed E-state index contributed by atoms with van der Waals surface area (Å²) < 4.78 is 5.65. The fourth-order valence-electron chi connectivity index (χ4n) is 5.15. The molecular formula is C25H27N7O4S. The van der Waals surface area contributed by atoms with Crippen LogP contribution in [0.5, 0.6) is 6.01 Å². The largest absolute Gasteiger partial charge is 0.467 e. The van der Waals surface area contributed by atoms with Gasteiger partial charge in [0.1, 0.15) is 5.54 Å². The number of piperidine rings is 1. The van der Waals surface area contributed by atoms with Crippen LogP contribution < -0.4 is 27.3 Å². The van der Waals surface area contributed by atoms with Gasteiger partial charge in [-0.05, 0) is 30.5 Å². The first kappa shape index (κ1) is 24.8. The van der Waals surface area contributed by atoms with Crippen molar-refractivity contribution in [2.45, 2.75) is 30.5 Å². The number of likely N-dealkylation sites (tertiary alicyclic amines) is 1. The Hall–Kier alpha value is -3.87. The second kappa shape index (κ2) is 9.21. The zero-order chi connectivity index (χ0) is 26.5. The summed E-state index contributed by atoms with van der Waals surface area (Å²) in [6, 6.07) is 2.05. The number of thiophene rings is 1. The zero-order valence-electron chi connectivity index (χ0n) is 20.2. The van der Waals surface area contributed by atoms with Gasteiger partial charge in [-0.3, -0.25) is 14.4 Å². The maximum atomic E-state index is 13.8. The van der Waals surface area contributed by atoms with Gasteiger partial charge in [-0.15, -0.1) is 11.3 Å². The zero-order valence-corrected chi connectivity index (χ0v) is 21.0. The Morgan fingerprint density at radius 1 is 1.32 bits per heavy atom. The summed E-state index contributed by atoms with van der Waals surface area (Å²) in [6.07, 6.45) is 5.60. The van der Waals surface area contributed by atoms with Crippen molar-refractivity contribution in [3.63, 3.8) is 0 Å². The summed E-state index contributed by atoms with van der Waals surface area (Å²) in [6.45, 7) is 4.52. The standard InChI is InChI=1S/C25H27N7O4S/c1-3-16(33)32-8-4-5-13(11-32)31-23(35)21-18-17-14(6-7-15(26)20(17)37-21)25(28,22(34)19(18)27)12-9-29-24(36-2)30-10-12/h3,6-7,9-10,13,19H,1,4-5,8,11,26-28H2,2H3,(H,31,35). The van der Waals surface area contributed by atoms with Crippen molar-refractivity contribution in [2.75, 3.05) is 25.9 Å². The quantitative estimate of drug-likeness (QED) is 0.281. The molecule has 0 radical (unpaired) electrons. The van der Waals surface area contributed by atoms with E-state index in [-0.39, 0.29) is 23.9 Å². The molecule has 7 N–H and O–H groups in total. The Bertz CT molecular complexity index is 1440. The minimum absolute atomic E-state index is 0.133. The van der Waals surface area contributed by atoms with Crippen molar-refractivity contribution in [3.8, 4) is 6.01 Å². The lowest BCUT2D eigenvalue weighted by Crippen LogP contribution is -2.53. The van der Waals surface area contributed by atoms with Gasteiger partial charge < -0.3 is 32.2 Å². The summed E-state index contributed by atoms with van der Waals surface area (Å²) in [7, 11) is 1.44. The van der Waals surface area contributed by atoms with Gasteiger partial charge in [-0.25, -0.2) is 9.97 Å². The van der Waals surface area contributed by atoms with Gasteiger partial charge in [0, 0.05) is 53.7 Å².